The molecule has 0 unspecified atom stereocenters. The Kier molecular flexibility index (Phi) is 8.03. The Hall–Kier alpha value is -4.66. The van der Waals surface area contributed by atoms with Gasteiger partial charge in [0.05, 0.1) is 0 Å². The molecule has 0 fully saturated rings. The molecule has 0 rings (SSSR count). The van der Waals surface area contributed by atoms with Gasteiger partial charge in [0.2, 0.25) is 0 Å². The Morgan fingerprint density at radius 2 is 0.733 bits per heavy atom. The van der Waals surface area contributed by atoms with Gasteiger partial charge in [-0.3, -0.25) is 70.3 Å². The van der Waals surface area contributed by atoms with E-state index in [1.165, 1.54) is 0 Å². The van der Waals surface area contributed by atoms with Crippen LogP contribution in [-0.2, 0) is 9.59 Å². The van der Waals surface area contributed by atoms with E-state index in [4.69, 9.17) is 0 Å². The van der Waals surface area contributed by atoms with Crippen molar-refractivity contribution in [2.24, 2.45) is 0 Å². The number of rotatable bonds is 12. The molecule has 0 radical (unpaired) electrons. The lowest BCUT2D eigenvalue weighted by Gasteiger charge is -2.10. The third-order valence-electron chi connectivity index (χ3n) is 3.45. The number of carbonyl (C=O) groups excluding carboxylic acids is 2. The molecule has 0 aromatic heterocycles. The fraction of sp³-hybridized carbons (Fsp3) is 0.750. The van der Waals surface area contributed by atoms with E-state index in [9.17, 15) is 70.3 Å². The van der Waals surface area contributed by atoms with Crippen LogP contribution in [0.5, 0.6) is 0 Å². The van der Waals surface area contributed by atoms with E-state index in [0.717, 1.165) is 0 Å². The minimum atomic E-state index is -3.91. The maximum Gasteiger partial charge on any atom is 0.701 e. The second kappa shape index (κ2) is 9.51. The van der Waals surface area contributed by atoms with Crippen molar-refractivity contribution in [1.29, 1.82) is 0 Å². The Labute approximate surface area is 161 Å². The molecule has 2 amide bonds. The molecule has 0 aliphatic carbocycles. The molecule has 0 aliphatic heterocycles. The number of nitro groups is 6. The summed E-state index contributed by atoms with van der Waals surface area (Å²) >= 11 is 0. The van der Waals surface area contributed by atoms with Crippen molar-refractivity contribution in [1.82, 2.24) is 10.6 Å². The summed E-state index contributed by atoms with van der Waals surface area (Å²) in [6.45, 7) is -2.23. The summed E-state index contributed by atoms with van der Waals surface area (Å²) in [5.74, 6) is -11.2. The number of carbonyl (C=O) groups is 2. The minimum Gasteiger partial charge on any atom is -0.347 e. The fourth-order valence-electron chi connectivity index (χ4n) is 1.80. The average molecular weight is 442 g/mol. The molecule has 0 aliphatic rings. The second-order valence-corrected chi connectivity index (χ2v) is 5.10. The molecule has 22 nitrogen and oxygen atoms in total. The number of nitrogens with zero attached hydrogens (tertiary/aromatic N) is 6. The zero-order valence-corrected chi connectivity index (χ0v) is 14.2. The Balaban J connectivity index is 4.97. The van der Waals surface area contributed by atoms with E-state index in [1.807, 2.05) is 0 Å². The average Bonchev–Trinajstić information content (AvgIpc) is 2.59. The third kappa shape index (κ3) is 4.78. The molecule has 0 atom stereocenters. The molecular weight excluding hydrogens is 432 g/mol. The van der Waals surface area contributed by atoms with Gasteiger partial charge in [-0.1, -0.05) is 0 Å². The lowest BCUT2D eigenvalue weighted by atomic mass is 10.2. The van der Waals surface area contributed by atoms with E-state index in [1.54, 1.807) is 10.6 Å². The highest BCUT2D eigenvalue weighted by molar-refractivity contribution is 6.35. The second-order valence-electron chi connectivity index (χ2n) is 5.10. The first-order chi connectivity index (χ1) is 13.7. The van der Waals surface area contributed by atoms with Crippen LogP contribution in [0.25, 0.3) is 0 Å². The highest BCUT2D eigenvalue weighted by Crippen LogP contribution is 2.17. The van der Waals surface area contributed by atoms with Crippen LogP contribution < -0.4 is 10.6 Å². The van der Waals surface area contributed by atoms with Gasteiger partial charge in [0, 0.05) is 13.1 Å². The molecule has 22 heteroatoms. The zero-order valence-electron chi connectivity index (χ0n) is 14.2. The van der Waals surface area contributed by atoms with Gasteiger partial charge in [0.15, 0.2) is 42.4 Å². The maximum absolute atomic E-state index is 11.5. The van der Waals surface area contributed by atoms with Crippen LogP contribution in [0.1, 0.15) is 12.8 Å². The first kappa shape index (κ1) is 25.3. The molecule has 0 saturated carbocycles. The van der Waals surface area contributed by atoms with Crippen molar-refractivity contribution in [3.05, 3.63) is 60.7 Å². The summed E-state index contributed by atoms with van der Waals surface area (Å²) in [6, 6.07) is 0. The Bertz CT molecular complexity index is 670. The van der Waals surface area contributed by atoms with Gasteiger partial charge in [-0.05, 0) is 0 Å². The van der Waals surface area contributed by atoms with Crippen LogP contribution in [-0.4, -0.2) is 66.0 Å². The van der Waals surface area contributed by atoms with Gasteiger partial charge in [-0.15, -0.1) is 0 Å². The summed E-state index contributed by atoms with van der Waals surface area (Å²) in [4.78, 5) is 76.0. The van der Waals surface area contributed by atoms with Gasteiger partial charge < -0.3 is 10.6 Å². The first-order valence-corrected chi connectivity index (χ1v) is 7.10. The normalized spacial score (nSPS) is 11.1. The quantitative estimate of drug-likeness (QED) is 0.131. The van der Waals surface area contributed by atoms with Crippen LogP contribution in [0.4, 0.5) is 0 Å². The van der Waals surface area contributed by atoms with Crippen LogP contribution in [0, 0.1) is 60.7 Å². The van der Waals surface area contributed by atoms with Gasteiger partial charge in [0.25, 0.3) is 0 Å². The SMILES string of the molecule is O=C(NCCC([N+](=O)[O-])([N+](=O)[O-])[N+](=O)[O-])C(=O)NCCC([N+](=O)[O-])([N+](=O)[O-])[N+](=O)[O-]. The Morgan fingerprint density at radius 1 is 0.533 bits per heavy atom. The summed E-state index contributed by atoms with van der Waals surface area (Å²) in [5, 5.41) is 67.2. The smallest absolute Gasteiger partial charge is 0.347 e. The lowest BCUT2D eigenvalue weighted by molar-refractivity contribution is -0.970. The van der Waals surface area contributed by atoms with Crippen molar-refractivity contribution < 1.29 is 39.1 Å². The number of amides is 2. The molecule has 0 aromatic rings. The van der Waals surface area contributed by atoms with Gasteiger partial charge in [0.1, 0.15) is 0 Å². The number of nitrogens with one attached hydrogen (secondary N) is 2. The standard InChI is InChI=1S/C8H10N8O14/c17-5(9-3-1-7(11(19)20,12(21)22)13(23)24)6(18)10-4-2-8(14(25)26,15(27)28)16(29)30/h1-4H2,(H,9,17)(H,10,18). The van der Waals surface area contributed by atoms with Gasteiger partial charge in [-0.2, -0.15) is 0 Å². The number of hydrogen-bond donors (Lipinski definition) is 2. The Morgan fingerprint density at radius 3 is 0.900 bits per heavy atom. The third-order valence-corrected chi connectivity index (χ3v) is 3.45. The molecule has 0 spiro atoms. The topological polar surface area (TPSA) is 317 Å². The predicted molar refractivity (Wildman–Crippen MR) is 82.7 cm³/mol. The summed E-state index contributed by atoms with van der Waals surface area (Å²) in [5.41, 5.74) is 0. The van der Waals surface area contributed by atoms with E-state index in [2.05, 4.69) is 0 Å². The van der Waals surface area contributed by atoms with Crippen LogP contribution in [0.2, 0.25) is 0 Å². The van der Waals surface area contributed by atoms with Crippen molar-refractivity contribution in [3.8, 4) is 0 Å². The molecule has 0 heterocycles. The zero-order chi connectivity index (χ0) is 23.9. The fourth-order valence-corrected chi connectivity index (χ4v) is 1.80. The first-order valence-electron chi connectivity index (χ1n) is 7.10. The molecular formula is C8H10N8O14. The van der Waals surface area contributed by atoms with Crippen LogP contribution in [0.3, 0.4) is 0 Å². The predicted octanol–water partition coefficient (Wildman–Crippen LogP) is -3.03. The number of hydrogen-bond acceptors (Lipinski definition) is 14. The molecule has 0 aromatic carbocycles. The van der Waals surface area contributed by atoms with Crippen molar-refractivity contribution in [3.63, 3.8) is 0 Å². The van der Waals surface area contributed by atoms with E-state index in [-0.39, 0.29) is 0 Å². The van der Waals surface area contributed by atoms with E-state index < -0.39 is 78.9 Å². The monoisotopic (exact) mass is 442 g/mol. The summed E-state index contributed by atoms with van der Waals surface area (Å²) in [7, 11) is 0. The maximum atomic E-state index is 11.5. The molecule has 0 saturated heterocycles. The highest BCUT2D eigenvalue weighted by atomic mass is 16.7. The van der Waals surface area contributed by atoms with Crippen LogP contribution in [0.15, 0.2) is 0 Å². The van der Waals surface area contributed by atoms with E-state index in [0.29, 0.717) is 0 Å². The molecule has 166 valence electrons. The van der Waals surface area contributed by atoms with E-state index >= 15 is 0 Å². The lowest BCUT2D eigenvalue weighted by Crippen LogP contribution is -2.56. The van der Waals surface area contributed by atoms with Crippen LogP contribution >= 0.6 is 0 Å². The van der Waals surface area contributed by atoms with Crippen molar-refractivity contribution in [2.45, 2.75) is 24.4 Å². The van der Waals surface area contributed by atoms with Gasteiger partial charge >= 0.3 is 23.4 Å². The summed E-state index contributed by atoms with van der Waals surface area (Å²) in [6.07, 6.45) is -2.96. The molecule has 30 heavy (non-hydrogen) atoms. The molecule has 2 N–H and O–H groups in total. The largest absolute Gasteiger partial charge is 0.701 e. The van der Waals surface area contributed by atoms with Crippen molar-refractivity contribution in [2.75, 3.05) is 13.1 Å². The highest BCUT2D eigenvalue weighted by Gasteiger charge is 2.70. The minimum absolute atomic E-state index is 1.11. The molecule has 0 bridgehead atoms. The van der Waals surface area contributed by atoms with Crippen molar-refractivity contribution >= 4 is 11.8 Å². The van der Waals surface area contributed by atoms with Gasteiger partial charge in [-0.25, -0.2) is 0 Å². The summed E-state index contributed by atoms with van der Waals surface area (Å²) < 4.78 is 0.